The fourth-order valence-electron chi connectivity index (χ4n) is 1.31. The van der Waals surface area contributed by atoms with E-state index in [1.807, 2.05) is 13.8 Å². The zero-order chi connectivity index (χ0) is 13.0. The summed E-state index contributed by atoms with van der Waals surface area (Å²) in [5.74, 6) is 2.22. The van der Waals surface area contributed by atoms with E-state index in [1.54, 1.807) is 0 Å². The maximum absolute atomic E-state index is 11.8. The topological polar surface area (TPSA) is 75.4 Å². The molecule has 4 N–H and O–H groups in total. The second kappa shape index (κ2) is 5.26. The van der Waals surface area contributed by atoms with Crippen molar-refractivity contribution in [3.63, 3.8) is 0 Å². The number of phenols is 1. The van der Waals surface area contributed by atoms with Gasteiger partial charge in [-0.1, -0.05) is 19.8 Å². The molecule has 0 aliphatic heterocycles. The summed E-state index contributed by atoms with van der Waals surface area (Å²) in [7, 11) is 0. The molecular weight excluding hydrogens is 216 g/mol. The van der Waals surface area contributed by atoms with Gasteiger partial charge in [-0.2, -0.15) is 0 Å². The molecule has 0 saturated carbocycles. The number of nitrogens with one attached hydrogen (secondary N) is 1. The molecular formula is C13H16N2O2. The van der Waals surface area contributed by atoms with Crippen LogP contribution in [0.4, 0.5) is 5.69 Å². The molecule has 1 aromatic rings. The van der Waals surface area contributed by atoms with Crippen LogP contribution in [0.1, 0.15) is 24.2 Å². The van der Waals surface area contributed by atoms with Crippen LogP contribution in [-0.4, -0.2) is 17.1 Å². The predicted octanol–water partition coefficient (Wildman–Crippen LogP) is 1.36. The number of nitrogen functional groups attached to an aromatic ring is 1. The summed E-state index contributed by atoms with van der Waals surface area (Å²) < 4.78 is 0. The maximum atomic E-state index is 11.8. The van der Waals surface area contributed by atoms with Crippen LogP contribution in [0.3, 0.4) is 0 Å². The molecule has 0 spiro atoms. The number of aromatic hydroxyl groups is 1. The van der Waals surface area contributed by atoms with Gasteiger partial charge in [0.25, 0.3) is 5.91 Å². The number of carbonyl (C=O) groups excluding carboxylic acids is 1. The van der Waals surface area contributed by atoms with Gasteiger partial charge in [0.2, 0.25) is 0 Å². The molecule has 4 heteroatoms. The van der Waals surface area contributed by atoms with E-state index in [4.69, 9.17) is 12.2 Å². The summed E-state index contributed by atoms with van der Waals surface area (Å²) in [6, 6.07) is 4.00. The smallest absolute Gasteiger partial charge is 0.252 e. The minimum absolute atomic E-state index is 0.112. The number of carbonyl (C=O) groups is 1. The van der Waals surface area contributed by atoms with Gasteiger partial charge < -0.3 is 16.2 Å². The first-order chi connectivity index (χ1) is 7.95. The Hall–Kier alpha value is -2.15. The summed E-state index contributed by atoms with van der Waals surface area (Å²) >= 11 is 0. The molecule has 0 saturated heterocycles. The van der Waals surface area contributed by atoms with Gasteiger partial charge in [-0.05, 0) is 24.1 Å². The van der Waals surface area contributed by atoms with Crippen LogP contribution in [-0.2, 0) is 0 Å². The summed E-state index contributed by atoms with van der Waals surface area (Å²) in [4.78, 5) is 11.8. The summed E-state index contributed by atoms with van der Waals surface area (Å²) in [6.45, 7) is 3.84. The van der Waals surface area contributed by atoms with Crippen LogP contribution < -0.4 is 11.1 Å². The third-order valence-corrected chi connectivity index (χ3v) is 2.43. The largest absolute Gasteiger partial charge is 0.506 e. The van der Waals surface area contributed by atoms with Crippen molar-refractivity contribution in [1.29, 1.82) is 0 Å². The minimum atomic E-state index is -0.331. The highest BCUT2D eigenvalue weighted by atomic mass is 16.3. The van der Waals surface area contributed by atoms with Gasteiger partial charge in [0.05, 0.1) is 11.7 Å². The number of amides is 1. The molecule has 0 bridgehead atoms. The Morgan fingerprint density at radius 1 is 1.53 bits per heavy atom. The molecule has 1 unspecified atom stereocenters. The number of terminal acetylenes is 1. The number of nitrogens with two attached hydrogens (primary N) is 1. The SMILES string of the molecule is C#CC(NC(=O)c1ccc(N)c(O)c1)C(C)C. The molecule has 1 atom stereocenters. The van der Waals surface area contributed by atoms with Gasteiger partial charge in [-0.3, -0.25) is 4.79 Å². The van der Waals surface area contributed by atoms with Crippen molar-refractivity contribution in [3.8, 4) is 18.1 Å². The fourth-order valence-corrected chi connectivity index (χ4v) is 1.31. The van der Waals surface area contributed by atoms with E-state index in [0.29, 0.717) is 5.56 Å². The molecule has 1 aromatic carbocycles. The molecule has 0 aromatic heterocycles. The van der Waals surface area contributed by atoms with Crippen LogP contribution in [0.2, 0.25) is 0 Å². The summed E-state index contributed by atoms with van der Waals surface area (Å²) in [6.07, 6.45) is 5.32. The molecule has 0 aliphatic rings. The quantitative estimate of drug-likeness (QED) is 0.418. The number of hydrogen-bond acceptors (Lipinski definition) is 3. The number of rotatable bonds is 3. The Kier molecular flexibility index (Phi) is 4.00. The lowest BCUT2D eigenvalue weighted by atomic mass is 10.0. The van der Waals surface area contributed by atoms with E-state index in [1.165, 1.54) is 18.2 Å². The first-order valence-electron chi connectivity index (χ1n) is 5.31. The third-order valence-electron chi connectivity index (χ3n) is 2.43. The van der Waals surface area contributed by atoms with E-state index in [0.717, 1.165) is 0 Å². The molecule has 17 heavy (non-hydrogen) atoms. The van der Waals surface area contributed by atoms with Crippen molar-refractivity contribution < 1.29 is 9.90 Å². The lowest BCUT2D eigenvalue weighted by Gasteiger charge is -2.16. The summed E-state index contributed by atoms with van der Waals surface area (Å²) in [5, 5.41) is 12.1. The highest BCUT2D eigenvalue weighted by Gasteiger charge is 2.15. The normalized spacial score (nSPS) is 11.9. The Morgan fingerprint density at radius 3 is 2.65 bits per heavy atom. The first kappa shape index (κ1) is 12.9. The molecule has 1 amide bonds. The number of hydrogen-bond donors (Lipinski definition) is 3. The van der Waals surface area contributed by atoms with Crippen molar-refractivity contribution in [1.82, 2.24) is 5.32 Å². The van der Waals surface area contributed by atoms with E-state index in [9.17, 15) is 9.90 Å². The average molecular weight is 232 g/mol. The van der Waals surface area contributed by atoms with Crippen LogP contribution in [0, 0.1) is 18.3 Å². The van der Waals surface area contributed by atoms with Gasteiger partial charge in [0, 0.05) is 5.56 Å². The van der Waals surface area contributed by atoms with Crippen LogP contribution in [0.15, 0.2) is 18.2 Å². The molecule has 0 fully saturated rings. The average Bonchev–Trinajstić information content (AvgIpc) is 2.28. The Labute approximate surface area is 101 Å². The third kappa shape index (κ3) is 3.15. The fraction of sp³-hybridized carbons (Fsp3) is 0.308. The molecule has 0 heterocycles. The van der Waals surface area contributed by atoms with Crippen LogP contribution in [0.25, 0.3) is 0 Å². The van der Waals surface area contributed by atoms with Crippen molar-refractivity contribution in [2.75, 3.05) is 5.73 Å². The van der Waals surface area contributed by atoms with Crippen molar-refractivity contribution >= 4 is 11.6 Å². The Balaban J connectivity index is 2.83. The van der Waals surface area contributed by atoms with Gasteiger partial charge in [0.15, 0.2) is 0 Å². The standard InChI is InChI=1S/C13H16N2O2/c1-4-11(8(2)3)15-13(17)9-5-6-10(14)12(16)7-9/h1,5-8,11,16H,14H2,2-3H3,(H,15,17). The minimum Gasteiger partial charge on any atom is -0.506 e. The molecule has 0 aliphatic carbocycles. The molecule has 90 valence electrons. The Morgan fingerprint density at radius 2 is 2.18 bits per heavy atom. The maximum Gasteiger partial charge on any atom is 0.252 e. The molecule has 4 nitrogen and oxygen atoms in total. The number of anilines is 1. The van der Waals surface area contributed by atoms with Gasteiger partial charge in [-0.25, -0.2) is 0 Å². The van der Waals surface area contributed by atoms with Crippen molar-refractivity contribution in [2.45, 2.75) is 19.9 Å². The van der Waals surface area contributed by atoms with Crippen LogP contribution >= 0.6 is 0 Å². The van der Waals surface area contributed by atoms with Gasteiger partial charge in [0.1, 0.15) is 5.75 Å². The highest BCUT2D eigenvalue weighted by Crippen LogP contribution is 2.20. The van der Waals surface area contributed by atoms with Crippen molar-refractivity contribution in [3.05, 3.63) is 23.8 Å². The van der Waals surface area contributed by atoms with E-state index < -0.39 is 0 Å². The first-order valence-corrected chi connectivity index (χ1v) is 5.31. The second-order valence-corrected chi connectivity index (χ2v) is 4.14. The Bertz CT molecular complexity index is 461. The lowest BCUT2D eigenvalue weighted by Crippen LogP contribution is -2.37. The second-order valence-electron chi connectivity index (χ2n) is 4.14. The zero-order valence-corrected chi connectivity index (χ0v) is 9.90. The van der Waals surface area contributed by atoms with Gasteiger partial charge in [-0.15, -0.1) is 6.42 Å². The van der Waals surface area contributed by atoms with E-state index >= 15 is 0 Å². The number of benzene rings is 1. The van der Waals surface area contributed by atoms with E-state index in [2.05, 4.69) is 11.2 Å². The number of phenolic OH excluding ortho intramolecular Hbond substituents is 1. The lowest BCUT2D eigenvalue weighted by molar-refractivity contribution is 0.0937. The monoisotopic (exact) mass is 232 g/mol. The van der Waals surface area contributed by atoms with Gasteiger partial charge >= 0.3 is 0 Å². The van der Waals surface area contributed by atoms with Crippen molar-refractivity contribution in [2.24, 2.45) is 5.92 Å². The van der Waals surface area contributed by atoms with Crippen LogP contribution in [0.5, 0.6) is 5.75 Å². The molecule has 0 radical (unpaired) electrons. The van der Waals surface area contributed by atoms with E-state index in [-0.39, 0.29) is 29.3 Å². The highest BCUT2D eigenvalue weighted by molar-refractivity contribution is 5.95. The predicted molar refractivity (Wildman–Crippen MR) is 67.4 cm³/mol. The summed E-state index contributed by atoms with van der Waals surface area (Å²) in [5.41, 5.74) is 6.02. The molecule has 1 rings (SSSR count). The zero-order valence-electron chi connectivity index (χ0n) is 9.90.